The summed E-state index contributed by atoms with van der Waals surface area (Å²) < 4.78 is 24.9. The first-order valence-corrected chi connectivity index (χ1v) is 11.6. The van der Waals surface area contributed by atoms with Crippen LogP contribution in [0, 0.1) is 10.1 Å². The number of likely N-dealkylation sites (N-methyl/N-ethyl adjacent to an activating group) is 1. The molecule has 0 unspecified atom stereocenters. The number of amides is 1. The zero-order valence-electron chi connectivity index (χ0n) is 17.0. The number of nitro benzene ring substituents is 1. The van der Waals surface area contributed by atoms with Crippen molar-refractivity contribution in [3.63, 3.8) is 0 Å². The van der Waals surface area contributed by atoms with E-state index in [1.54, 1.807) is 12.1 Å². The Morgan fingerprint density at radius 1 is 1.16 bits per heavy atom. The Bertz CT molecular complexity index is 1230. The maximum absolute atomic E-state index is 13.2. The van der Waals surface area contributed by atoms with Crippen LogP contribution in [0.4, 0.5) is 10.8 Å². The van der Waals surface area contributed by atoms with Crippen molar-refractivity contribution in [2.75, 3.05) is 38.3 Å². The Labute approximate surface area is 189 Å². The molecule has 0 saturated heterocycles. The molecule has 31 heavy (non-hydrogen) atoms. The van der Waals surface area contributed by atoms with Gasteiger partial charge in [-0.05, 0) is 32.3 Å². The number of non-ortho nitro benzene ring substituents is 1. The number of carbonyl (C=O) groups excluding carboxylic acids is 1. The molecule has 0 bridgehead atoms. The third-order valence-electron chi connectivity index (χ3n) is 4.32. The van der Waals surface area contributed by atoms with Crippen LogP contribution in [0.2, 0.25) is 0 Å². The van der Waals surface area contributed by atoms with Crippen molar-refractivity contribution in [3.05, 3.63) is 58.1 Å². The first-order chi connectivity index (χ1) is 14.1. The molecule has 0 aliphatic carbocycles. The largest absolute Gasteiger partial charge is 0.308 e. The van der Waals surface area contributed by atoms with Crippen LogP contribution in [0.1, 0.15) is 10.4 Å². The van der Waals surface area contributed by atoms with Gasteiger partial charge in [0.15, 0.2) is 15.0 Å². The van der Waals surface area contributed by atoms with E-state index in [4.69, 9.17) is 0 Å². The lowest BCUT2D eigenvalue weighted by atomic mass is 10.2. The molecule has 1 aromatic heterocycles. The molecule has 0 aliphatic rings. The number of sulfone groups is 1. The molecule has 0 atom stereocenters. The molecule has 0 fully saturated rings. The molecule has 0 radical (unpaired) electrons. The molecular weight excluding hydrogens is 464 g/mol. The van der Waals surface area contributed by atoms with Gasteiger partial charge in [0.1, 0.15) is 5.52 Å². The minimum atomic E-state index is -3.50. The number of nitrogens with zero attached hydrogens (tertiary/aromatic N) is 4. The van der Waals surface area contributed by atoms with E-state index in [1.165, 1.54) is 46.6 Å². The fraction of sp³-hybridized carbons (Fsp3) is 0.263. The lowest BCUT2D eigenvalue weighted by Gasteiger charge is -2.22. The topological polar surface area (TPSA) is 114 Å². The van der Waals surface area contributed by atoms with Gasteiger partial charge in [-0.1, -0.05) is 23.5 Å². The molecule has 3 aromatic rings. The van der Waals surface area contributed by atoms with E-state index in [1.807, 2.05) is 19.0 Å². The quantitative estimate of drug-likeness (QED) is 0.373. The van der Waals surface area contributed by atoms with Crippen molar-refractivity contribution in [3.8, 4) is 0 Å². The second-order valence-electron chi connectivity index (χ2n) is 6.94. The van der Waals surface area contributed by atoms with E-state index in [2.05, 4.69) is 4.98 Å². The number of anilines is 1. The Balaban J connectivity index is 0.00000341. The standard InChI is InChI=1S/C19H20N4O5S2.ClH/c1-21(2)10-11-22(18(24)13-6-4-7-14(12-13)23(25)26)19-20-17-15(29-19)8-5-9-16(17)30(3,27)28;/h4-9,12H,10-11H2,1-3H3;1H. The highest BCUT2D eigenvalue weighted by Gasteiger charge is 2.24. The number of rotatable bonds is 7. The number of fused-ring (bicyclic) bond motifs is 1. The van der Waals surface area contributed by atoms with E-state index in [9.17, 15) is 23.3 Å². The SMILES string of the molecule is CN(C)CCN(C(=O)c1cccc([N+](=O)[O-])c1)c1nc2c(S(C)(=O)=O)cccc2s1.Cl. The summed E-state index contributed by atoms with van der Waals surface area (Å²) in [6.45, 7) is 0.804. The fourth-order valence-corrected chi connectivity index (χ4v) is 4.73. The van der Waals surface area contributed by atoms with E-state index in [0.29, 0.717) is 21.9 Å². The van der Waals surface area contributed by atoms with Crippen LogP contribution in [-0.4, -0.2) is 62.6 Å². The molecule has 0 aliphatic heterocycles. The number of aromatic nitrogens is 1. The molecule has 0 N–H and O–H groups in total. The normalized spacial score (nSPS) is 11.4. The van der Waals surface area contributed by atoms with Crippen molar-refractivity contribution < 1.29 is 18.1 Å². The Morgan fingerprint density at radius 3 is 2.45 bits per heavy atom. The molecule has 3 rings (SSSR count). The average Bonchev–Trinajstić information content (AvgIpc) is 3.10. The monoisotopic (exact) mass is 484 g/mol. The maximum atomic E-state index is 13.2. The van der Waals surface area contributed by atoms with Gasteiger partial charge in [-0.15, -0.1) is 12.4 Å². The third kappa shape index (κ3) is 5.56. The number of thiazole rings is 1. The van der Waals surface area contributed by atoms with Gasteiger partial charge in [0, 0.05) is 37.0 Å². The first kappa shape index (κ1) is 24.7. The highest BCUT2D eigenvalue weighted by Crippen LogP contribution is 2.33. The van der Waals surface area contributed by atoms with E-state index in [-0.39, 0.29) is 35.1 Å². The lowest BCUT2D eigenvalue weighted by Crippen LogP contribution is -2.36. The van der Waals surface area contributed by atoms with E-state index >= 15 is 0 Å². The van der Waals surface area contributed by atoms with Crippen LogP contribution in [0.5, 0.6) is 0 Å². The number of hydrogen-bond acceptors (Lipinski definition) is 8. The summed E-state index contributed by atoms with van der Waals surface area (Å²) in [5.74, 6) is -0.444. The van der Waals surface area contributed by atoms with Crippen molar-refractivity contribution in [1.82, 2.24) is 9.88 Å². The second kappa shape index (κ2) is 9.69. The summed E-state index contributed by atoms with van der Waals surface area (Å²) in [5, 5.41) is 11.4. The fourth-order valence-electron chi connectivity index (χ4n) is 2.82. The Kier molecular flexibility index (Phi) is 7.71. The summed E-state index contributed by atoms with van der Waals surface area (Å²) in [5.41, 5.74) is 0.282. The summed E-state index contributed by atoms with van der Waals surface area (Å²) in [6.07, 6.45) is 1.11. The van der Waals surface area contributed by atoms with E-state index in [0.717, 1.165) is 6.26 Å². The van der Waals surface area contributed by atoms with Gasteiger partial charge in [-0.25, -0.2) is 13.4 Å². The summed E-state index contributed by atoms with van der Waals surface area (Å²) in [6, 6.07) is 10.4. The zero-order valence-corrected chi connectivity index (χ0v) is 19.5. The van der Waals surface area contributed by atoms with Crippen LogP contribution < -0.4 is 4.90 Å². The Morgan fingerprint density at radius 2 is 1.84 bits per heavy atom. The van der Waals surface area contributed by atoms with Gasteiger partial charge in [-0.2, -0.15) is 0 Å². The highest BCUT2D eigenvalue weighted by molar-refractivity contribution is 7.91. The molecule has 0 saturated carbocycles. The van der Waals surface area contributed by atoms with Crippen molar-refractivity contribution in [1.29, 1.82) is 0 Å². The molecule has 1 amide bonds. The van der Waals surface area contributed by atoms with Crippen molar-refractivity contribution in [2.24, 2.45) is 0 Å². The highest BCUT2D eigenvalue weighted by atomic mass is 35.5. The summed E-state index contributed by atoms with van der Waals surface area (Å²) in [7, 11) is 0.217. The van der Waals surface area contributed by atoms with Crippen LogP contribution in [0.25, 0.3) is 10.2 Å². The minimum Gasteiger partial charge on any atom is -0.308 e. The van der Waals surface area contributed by atoms with Gasteiger partial charge in [0.05, 0.1) is 14.5 Å². The van der Waals surface area contributed by atoms with Gasteiger partial charge in [-0.3, -0.25) is 19.8 Å². The number of para-hydroxylation sites is 1. The average molecular weight is 485 g/mol. The van der Waals surface area contributed by atoms with Gasteiger partial charge in [0.25, 0.3) is 11.6 Å². The number of benzene rings is 2. The molecule has 9 nitrogen and oxygen atoms in total. The van der Waals surface area contributed by atoms with Crippen LogP contribution in [-0.2, 0) is 9.84 Å². The summed E-state index contributed by atoms with van der Waals surface area (Å²) in [4.78, 5) is 31.6. The number of halogens is 1. The lowest BCUT2D eigenvalue weighted by molar-refractivity contribution is -0.384. The van der Waals surface area contributed by atoms with Crippen LogP contribution in [0.15, 0.2) is 47.4 Å². The predicted octanol–water partition coefficient (Wildman–Crippen LogP) is 3.24. The molecule has 12 heteroatoms. The van der Waals surface area contributed by atoms with Crippen LogP contribution >= 0.6 is 23.7 Å². The predicted molar refractivity (Wildman–Crippen MR) is 123 cm³/mol. The number of nitro groups is 1. The molecule has 2 aromatic carbocycles. The smallest absolute Gasteiger partial charge is 0.270 e. The van der Waals surface area contributed by atoms with Gasteiger partial charge < -0.3 is 4.90 Å². The molecule has 0 spiro atoms. The third-order valence-corrected chi connectivity index (χ3v) is 6.49. The zero-order chi connectivity index (χ0) is 22.1. The molecular formula is C19H21ClN4O5S2. The van der Waals surface area contributed by atoms with Crippen molar-refractivity contribution in [2.45, 2.75) is 4.90 Å². The molecule has 166 valence electrons. The maximum Gasteiger partial charge on any atom is 0.270 e. The van der Waals surface area contributed by atoms with Gasteiger partial charge in [0.2, 0.25) is 0 Å². The number of hydrogen-bond donors (Lipinski definition) is 0. The van der Waals surface area contributed by atoms with Crippen LogP contribution in [0.3, 0.4) is 0 Å². The molecule has 1 heterocycles. The van der Waals surface area contributed by atoms with E-state index < -0.39 is 20.7 Å². The first-order valence-electron chi connectivity index (χ1n) is 8.88. The van der Waals surface area contributed by atoms with Gasteiger partial charge >= 0.3 is 0 Å². The summed E-state index contributed by atoms with van der Waals surface area (Å²) >= 11 is 1.20. The van der Waals surface area contributed by atoms with Crippen molar-refractivity contribution >= 4 is 60.5 Å². The number of carbonyl (C=O) groups is 1. The second-order valence-corrected chi connectivity index (χ2v) is 9.93. The minimum absolute atomic E-state index is 0. The Hall–Kier alpha value is -2.60.